The van der Waals surface area contributed by atoms with Gasteiger partial charge in [0.05, 0.1) is 30.7 Å². The van der Waals surface area contributed by atoms with Gasteiger partial charge in [-0.25, -0.2) is 18.3 Å². The molecule has 6 rings (SSSR count). The van der Waals surface area contributed by atoms with Crippen LogP contribution < -0.4 is 10.6 Å². The molecule has 13 heteroatoms. The van der Waals surface area contributed by atoms with Crippen molar-refractivity contribution in [1.82, 2.24) is 35.0 Å². The number of rotatable bonds is 11. The predicted octanol–water partition coefficient (Wildman–Crippen LogP) is 2.96. The Morgan fingerprint density at radius 2 is 1.90 bits per heavy atom. The topological polar surface area (TPSA) is 133 Å². The first-order chi connectivity index (χ1) is 20.2. The highest BCUT2D eigenvalue weighted by Crippen LogP contribution is 2.54. The third-order valence-corrected chi connectivity index (χ3v) is 8.95. The fraction of sp³-hybridized carbons (Fsp3) is 0.586. The highest BCUT2D eigenvalue weighted by Gasteiger charge is 2.53. The molecule has 2 saturated carbocycles. The minimum absolute atomic E-state index is 0.202. The van der Waals surface area contributed by atoms with E-state index in [1.165, 1.54) is 0 Å². The molecule has 2 unspecified atom stereocenters. The molecule has 2 aliphatic carbocycles. The molecule has 11 nitrogen and oxygen atoms in total. The van der Waals surface area contributed by atoms with E-state index in [0.29, 0.717) is 41.1 Å². The Kier molecular flexibility index (Phi) is 7.44. The molecule has 0 bridgehead atoms. The number of ether oxygens (including phenoxy) is 1. The van der Waals surface area contributed by atoms with Gasteiger partial charge in [0.1, 0.15) is 5.69 Å². The Labute approximate surface area is 241 Å². The van der Waals surface area contributed by atoms with Crippen LogP contribution in [0.3, 0.4) is 0 Å². The van der Waals surface area contributed by atoms with E-state index in [0.717, 1.165) is 32.8 Å². The number of piperidine rings is 1. The van der Waals surface area contributed by atoms with Crippen LogP contribution in [0.2, 0.25) is 0 Å². The number of hydrogen-bond donors (Lipinski definition) is 2. The summed E-state index contributed by atoms with van der Waals surface area (Å²) in [5.41, 5.74) is 0.228. The van der Waals surface area contributed by atoms with Gasteiger partial charge in [0, 0.05) is 31.6 Å². The number of imidazole rings is 1. The molecule has 2 N–H and O–H groups in total. The smallest absolute Gasteiger partial charge is 0.321 e. The fourth-order valence-electron chi connectivity index (χ4n) is 6.52. The van der Waals surface area contributed by atoms with E-state index in [-0.39, 0.29) is 37.3 Å². The van der Waals surface area contributed by atoms with Crippen LogP contribution in [-0.4, -0.2) is 62.2 Å². The van der Waals surface area contributed by atoms with E-state index in [2.05, 4.69) is 20.8 Å². The summed E-state index contributed by atoms with van der Waals surface area (Å²) in [4.78, 5) is 44.1. The van der Waals surface area contributed by atoms with Gasteiger partial charge in [-0.15, -0.1) is 0 Å². The summed E-state index contributed by atoms with van der Waals surface area (Å²) in [6.45, 7) is 2.29. The molecule has 1 aliphatic heterocycles. The van der Waals surface area contributed by atoms with Crippen LogP contribution in [0.1, 0.15) is 66.9 Å². The molecular weight excluding hydrogens is 548 g/mol. The number of nitrogens with zero attached hydrogens (tertiary/aromatic N) is 5. The lowest BCUT2D eigenvalue weighted by Crippen LogP contribution is -2.56. The normalized spacial score (nSPS) is 23.3. The van der Waals surface area contributed by atoms with Gasteiger partial charge in [0.25, 0.3) is 5.91 Å². The number of hydrogen-bond acceptors (Lipinski definition) is 7. The van der Waals surface area contributed by atoms with Crippen molar-refractivity contribution in [3.63, 3.8) is 0 Å². The average Bonchev–Trinajstić information content (AvgIpc) is 3.91. The zero-order valence-electron chi connectivity index (χ0n) is 23.6. The third kappa shape index (κ3) is 5.24. The van der Waals surface area contributed by atoms with E-state index in [1.807, 2.05) is 6.92 Å². The molecule has 4 heterocycles. The second kappa shape index (κ2) is 11.1. The van der Waals surface area contributed by atoms with Crippen LogP contribution >= 0.6 is 0 Å². The van der Waals surface area contributed by atoms with Crippen LogP contribution in [0.4, 0.5) is 8.78 Å². The largest absolute Gasteiger partial charge is 0.468 e. The quantitative estimate of drug-likeness (QED) is 0.262. The van der Waals surface area contributed by atoms with Gasteiger partial charge in [0.2, 0.25) is 12.3 Å². The summed E-state index contributed by atoms with van der Waals surface area (Å²) in [7, 11) is 1.14. The molecule has 224 valence electrons. The van der Waals surface area contributed by atoms with E-state index in [1.54, 1.807) is 39.8 Å². The number of esters is 1. The number of methoxy groups -OCH3 is 1. The van der Waals surface area contributed by atoms with Crippen molar-refractivity contribution in [3.05, 3.63) is 47.7 Å². The van der Waals surface area contributed by atoms with Gasteiger partial charge in [0.15, 0.2) is 11.1 Å². The number of carbonyl (C=O) groups excluding carboxylic acids is 3. The van der Waals surface area contributed by atoms with Gasteiger partial charge >= 0.3 is 5.97 Å². The average molecular weight is 584 g/mol. The van der Waals surface area contributed by atoms with E-state index in [4.69, 9.17) is 9.72 Å². The maximum Gasteiger partial charge on any atom is 0.321 e. The number of amides is 2. The molecule has 2 amide bonds. The number of nitrogens with one attached hydrogen (secondary N) is 2. The number of carbonyl (C=O) groups is 3. The molecule has 0 aromatic carbocycles. The van der Waals surface area contributed by atoms with Crippen LogP contribution in [0.5, 0.6) is 0 Å². The van der Waals surface area contributed by atoms with Crippen LogP contribution in [-0.2, 0) is 27.3 Å². The SMILES string of the molecule is CCn1nccc1C(=O)N[C@H](c1cn2nc(CC3(C(=O)OC)CC(C(F)F)CNC3=O)ccc2n1)C(C1CC1)C1CC1. The highest BCUT2D eigenvalue weighted by atomic mass is 19.3. The molecule has 3 aromatic rings. The van der Waals surface area contributed by atoms with Gasteiger partial charge in [-0.3, -0.25) is 19.1 Å². The minimum atomic E-state index is -2.70. The van der Waals surface area contributed by atoms with Gasteiger partial charge in [-0.2, -0.15) is 10.2 Å². The molecule has 3 aromatic heterocycles. The summed E-state index contributed by atoms with van der Waals surface area (Å²) >= 11 is 0. The molecule has 3 aliphatic rings. The van der Waals surface area contributed by atoms with Crippen LogP contribution in [0.15, 0.2) is 30.6 Å². The van der Waals surface area contributed by atoms with E-state index in [9.17, 15) is 23.2 Å². The second-order valence-electron chi connectivity index (χ2n) is 11.8. The maximum atomic E-state index is 13.6. The molecule has 42 heavy (non-hydrogen) atoms. The summed E-state index contributed by atoms with van der Waals surface area (Å²) in [5.74, 6) is -1.64. The minimum Gasteiger partial charge on any atom is -0.468 e. The molecule has 0 radical (unpaired) electrons. The molecule has 0 spiro atoms. The Morgan fingerprint density at radius 3 is 2.55 bits per heavy atom. The van der Waals surface area contributed by atoms with Crippen molar-refractivity contribution in [1.29, 1.82) is 0 Å². The Bertz CT molecular complexity index is 1480. The monoisotopic (exact) mass is 583 g/mol. The summed E-state index contributed by atoms with van der Waals surface area (Å²) in [5, 5.41) is 14.6. The first kappa shape index (κ1) is 28.2. The van der Waals surface area contributed by atoms with Crippen LogP contribution in [0.25, 0.3) is 5.65 Å². The van der Waals surface area contributed by atoms with E-state index < -0.39 is 29.6 Å². The van der Waals surface area contributed by atoms with Gasteiger partial charge in [-0.05, 0) is 75.0 Å². The van der Waals surface area contributed by atoms with Crippen molar-refractivity contribution in [3.8, 4) is 0 Å². The summed E-state index contributed by atoms with van der Waals surface area (Å²) in [6, 6.07) is 4.73. The summed E-state index contributed by atoms with van der Waals surface area (Å²) in [6.07, 6.45) is 4.61. The number of fused-ring (bicyclic) bond motifs is 1. The van der Waals surface area contributed by atoms with Gasteiger partial charge < -0.3 is 15.4 Å². The zero-order chi connectivity index (χ0) is 29.6. The van der Waals surface area contributed by atoms with Crippen molar-refractivity contribution in [2.24, 2.45) is 29.1 Å². The molecule has 3 fully saturated rings. The first-order valence-corrected chi connectivity index (χ1v) is 14.6. The number of aryl methyl sites for hydroxylation is 1. The highest BCUT2D eigenvalue weighted by molar-refractivity contribution is 6.03. The first-order valence-electron chi connectivity index (χ1n) is 14.6. The predicted molar refractivity (Wildman–Crippen MR) is 145 cm³/mol. The third-order valence-electron chi connectivity index (χ3n) is 8.95. The van der Waals surface area contributed by atoms with Crippen molar-refractivity contribution in [2.75, 3.05) is 13.7 Å². The van der Waals surface area contributed by atoms with Crippen molar-refractivity contribution >= 4 is 23.4 Å². The number of aromatic nitrogens is 5. The Hall–Kier alpha value is -3.90. The Balaban J connectivity index is 1.32. The summed E-state index contributed by atoms with van der Waals surface area (Å²) < 4.78 is 35.4. The van der Waals surface area contributed by atoms with Crippen LogP contribution in [0, 0.1) is 29.1 Å². The van der Waals surface area contributed by atoms with Gasteiger partial charge in [-0.1, -0.05) is 0 Å². The number of halogens is 2. The maximum absolute atomic E-state index is 13.6. The van der Waals surface area contributed by atoms with E-state index >= 15 is 0 Å². The molecular formula is C29H35F2N7O4. The lowest BCUT2D eigenvalue weighted by atomic mass is 9.72. The fourth-order valence-corrected chi connectivity index (χ4v) is 6.52. The molecule has 1 saturated heterocycles. The van der Waals surface area contributed by atoms with Crippen molar-refractivity contribution in [2.45, 2.75) is 64.5 Å². The zero-order valence-corrected chi connectivity index (χ0v) is 23.6. The molecule has 3 atom stereocenters. The second-order valence-corrected chi connectivity index (χ2v) is 11.8. The van der Waals surface area contributed by atoms with Crippen molar-refractivity contribution < 1.29 is 27.9 Å². The lowest BCUT2D eigenvalue weighted by Gasteiger charge is -2.37. The number of alkyl halides is 2. The Morgan fingerprint density at radius 1 is 1.17 bits per heavy atom. The lowest BCUT2D eigenvalue weighted by molar-refractivity contribution is -0.164. The standard InChI is InChI=1S/C29H35F2N7O4/c1-3-37-21(10-11-33-37)26(39)35-24(23(16-4-5-16)17-6-7-17)20-15-38-22(34-20)9-8-19(36-38)13-29(28(41)42-2)12-18(25(30)31)14-32-27(29)40/h8-11,15-18,23-25H,3-7,12-14H2,1-2H3,(H,32,40)(H,35,39)/t18?,24-,29?/m1/s1.